The normalized spacial score (nSPS) is 10.7. The molecule has 0 unspecified atom stereocenters. The second-order valence-corrected chi connectivity index (χ2v) is 2.73. The fourth-order valence-electron chi connectivity index (χ4n) is 0.757. The summed E-state index contributed by atoms with van der Waals surface area (Å²) in [5.74, 6) is -0.463. The molecule has 0 fully saturated rings. The van der Waals surface area contributed by atoms with E-state index in [1.807, 2.05) is 0 Å². The van der Waals surface area contributed by atoms with Gasteiger partial charge in [0.15, 0.2) is 0 Å². The summed E-state index contributed by atoms with van der Waals surface area (Å²) in [5.41, 5.74) is 0.0996. The van der Waals surface area contributed by atoms with Crippen molar-refractivity contribution in [1.29, 1.82) is 0 Å². The van der Waals surface area contributed by atoms with E-state index < -0.39 is 12.2 Å². The minimum atomic E-state index is -2.66. The van der Waals surface area contributed by atoms with Crippen LogP contribution in [0.3, 0.4) is 0 Å². The second kappa shape index (κ2) is 3.80. The Bertz CT molecular complexity index is 280. The molecule has 2 nitrogen and oxygen atoms in total. The number of aromatic hydroxyl groups is 1. The van der Waals surface area contributed by atoms with E-state index in [2.05, 4.69) is 20.9 Å². The molecule has 0 aliphatic heterocycles. The maximum absolute atomic E-state index is 12.1. The summed E-state index contributed by atoms with van der Waals surface area (Å²) in [7, 11) is 0. The van der Waals surface area contributed by atoms with Crippen LogP contribution in [0.15, 0.2) is 12.3 Å². The third kappa shape index (κ3) is 1.91. The Balaban J connectivity index is 3.08. The molecule has 0 amide bonds. The molecule has 5 heteroatoms. The summed E-state index contributed by atoms with van der Waals surface area (Å²) in [4.78, 5) is 3.71. The first-order chi connectivity index (χ1) is 5.65. The fourth-order valence-corrected chi connectivity index (χ4v) is 1.06. The van der Waals surface area contributed by atoms with Crippen LogP contribution in [0.25, 0.3) is 0 Å². The molecule has 0 radical (unpaired) electrons. The van der Waals surface area contributed by atoms with E-state index in [0.717, 1.165) is 6.20 Å². The van der Waals surface area contributed by atoms with Gasteiger partial charge in [0.1, 0.15) is 5.75 Å². The number of halogens is 3. The summed E-state index contributed by atoms with van der Waals surface area (Å²) < 4.78 is 24.3. The van der Waals surface area contributed by atoms with Crippen molar-refractivity contribution < 1.29 is 13.9 Å². The van der Waals surface area contributed by atoms with Crippen LogP contribution in [-0.4, -0.2) is 10.1 Å². The number of pyridine rings is 1. The van der Waals surface area contributed by atoms with Crippen molar-refractivity contribution in [3.63, 3.8) is 0 Å². The maximum Gasteiger partial charge on any atom is 0.267 e. The van der Waals surface area contributed by atoms with E-state index in [9.17, 15) is 8.78 Å². The van der Waals surface area contributed by atoms with E-state index in [1.54, 1.807) is 0 Å². The van der Waals surface area contributed by atoms with Crippen molar-refractivity contribution >= 4 is 15.9 Å². The lowest BCUT2D eigenvalue weighted by atomic mass is 10.2. The molecular weight excluding hydrogens is 232 g/mol. The molecule has 0 aliphatic carbocycles. The highest BCUT2D eigenvalue weighted by atomic mass is 79.9. The van der Waals surface area contributed by atoms with Crippen molar-refractivity contribution in [2.24, 2.45) is 0 Å². The van der Waals surface area contributed by atoms with Gasteiger partial charge in [-0.3, -0.25) is 4.98 Å². The molecule has 12 heavy (non-hydrogen) atoms. The van der Waals surface area contributed by atoms with Gasteiger partial charge in [0.05, 0.1) is 17.5 Å². The number of alkyl halides is 3. The largest absolute Gasteiger partial charge is 0.506 e. The monoisotopic (exact) mass is 237 g/mol. The molecule has 0 aromatic carbocycles. The average molecular weight is 238 g/mol. The first-order valence-electron chi connectivity index (χ1n) is 3.17. The Hall–Kier alpha value is -0.710. The number of hydrogen-bond acceptors (Lipinski definition) is 2. The van der Waals surface area contributed by atoms with E-state index in [4.69, 9.17) is 5.11 Å². The Labute approximate surface area is 76.4 Å². The molecule has 1 aromatic rings. The molecule has 0 saturated heterocycles. The average Bonchev–Trinajstić information content (AvgIpc) is 2.05. The van der Waals surface area contributed by atoms with Crippen LogP contribution in [0.1, 0.15) is 17.7 Å². The van der Waals surface area contributed by atoms with Crippen molar-refractivity contribution in [1.82, 2.24) is 4.98 Å². The minimum Gasteiger partial charge on any atom is -0.506 e. The van der Waals surface area contributed by atoms with Gasteiger partial charge < -0.3 is 5.11 Å². The zero-order chi connectivity index (χ0) is 9.14. The molecule has 0 bridgehead atoms. The predicted octanol–water partition coefficient (Wildman–Crippen LogP) is 2.62. The van der Waals surface area contributed by atoms with E-state index in [1.165, 1.54) is 6.07 Å². The van der Waals surface area contributed by atoms with Crippen LogP contribution >= 0.6 is 15.9 Å². The van der Waals surface area contributed by atoms with Crippen molar-refractivity contribution in [3.8, 4) is 5.75 Å². The smallest absolute Gasteiger partial charge is 0.267 e. The Morgan fingerprint density at radius 1 is 1.58 bits per heavy atom. The predicted molar refractivity (Wildman–Crippen MR) is 43.5 cm³/mol. The molecule has 1 rings (SSSR count). The molecule has 0 aliphatic rings. The topological polar surface area (TPSA) is 33.1 Å². The molecule has 0 spiro atoms. The van der Waals surface area contributed by atoms with Crippen LogP contribution in [0.4, 0.5) is 8.78 Å². The van der Waals surface area contributed by atoms with Crippen LogP contribution in [0, 0.1) is 0 Å². The van der Waals surface area contributed by atoms with Gasteiger partial charge in [-0.15, -0.1) is 0 Å². The highest BCUT2D eigenvalue weighted by Crippen LogP contribution is 2.27. The number of aromatic nitrogens is 1. The van der Waals surface area contributed by atoms with E-state index in [-0.39, 0.29) is 5.56 Å². The number of rotatable bonds is 2. The van der Waals surface area contributed by atoms with E-state index in [0.29, 0.717) is 11.0 Å². The fraction of sp³-hybridized carbons (Fsp3) is 0.286. The van der Waals surface area contributed by atoms with Gasteiger partial charge in [0.2, 0.25) is 0 Å². The first kappa shape index (κ1) is 9.38. The van der Waals surface area contributed by atoms with E-state index >= 15 is 0 Å². The zero-order valence-electron chi connectivity index (χ0n) is 5.97. The SMILES string of the molecule is Oc1cnc(CBr)cc1C(F)F. The molecular formula is C7H6BrF2NO. The molecule has 1 N–H and O–H groups in total. The highest BCUT2D eigenvalue weighted by Gasteiger charge is 2.13. The van der Waals surface area contributed by atoms with Gasteiger partial charge in [-0.25, -0.2) is 8.78 Å². The Morgan fingerprint density at radius 3 is 2.75 bits per heavy atom. The van der Waals surface area contributed by atoms with Gasteiger partial charge in [-0.05, 0) is 6.07 Å². The summed E-state index contributed by atoms with van der Waals surface area (Å²) in [5, 5.41) is 9.34. The standard InChI is InChI=1S/C7H6BrF2NO/c8-2-4-1-5(7(9)10)6(12)3-11-4/h1,3,7,12H,2H2. The molecule has 1 aromatic heterocycles. The maximum atomic E-state index is 12.1. The van der Waals surface area contributed by atoms with Crippen molar-refractivity contribution in [3.05, 3.63) is 23.5 Å². The van der Waals surface area contributed by atoms with Gasteiger partial charge in [0.25, 0.3) is 6.43 Å². The lowest BCUT2D eigenvalue weighted by Crippen LogP contribution is -1.91. The summed E-state index contributed by atoms with van der Waals surface area (Å²) in [6.45, 7) is 0. The zero-order valence-corrected chi connectivity index (χ0v) is 7.55. The Kier molecular flexibility index (Phi) is 2.97. The summed E-state index contributed by atoms with van der Waals surface area (Å²) in [6.07, 6.45) is -1.64. The number of hydrogen-bond donors (Lipinski definition) is 1. The Morgan fingerprint density at radius 2 is 2.25 bits per heavy atom. The van der Waals surface area contributed by atoms with Crippen LogP contribution in [-0.2, 0) is 5.33 Å². The van der Waals surface area contributed by atoms with Gasteiger partial charge >= 0.3 is 0 Å². The quantitative estimate of drug-likeness (QED) is 0.803. The lowest BCUT2D eigenvalue weighted by molar-refractivity contribution is 0.147. The molecule has 1 heterocycles. The second-order valence-electron chi connectivity index (χ2n) is 2.17. The molecule has 0 atom stereocenters. The summed E-state index contributed by atoms with van der Waals surface area (Å²) in [6, 6.07) is 1.18. The van der Waals surface area contributed by atoms with Gasteiger partial charge in [0, 0.05) is 5.33 Å². The lowest BCUT2D eigenvalue weighted by Gasteiger charge is -2.03. The molecule has 66 valence electrons. The first-order valence-corrected chi connectivity index (χ1v) is 4.29. The van der Waals surface area contributed by atoms with Crippen LogP contribution in [0.2, 0.25) is 0 Å². The van der Waals surface area contributed by atoms with Crippen LogP contribution in [0.5, 0.6) is 5.75 Å². The van der Waals surface area contributed by atoms with Gasteiger partial charge in [-0.1, -0.05) is 15.9 Å². The number of nitrogens with zero attached hydrogens (tertiary/aromatic N) is 1. The summed E-state index contributed by atoms with van der Waals surface area (Å²) >= 11 is 3.08. The van der Waals surface area contributed by atoms with Gasteiger partial charge in [-0.2, -0.15) is 0 Å². The van der Waals surface area contributed by atoms with Crippen LogP contribution < -0.4 is 0 Å². The van der Waals surface area contributed by atoms with Crippen molar-refractivity contribution in [2.75, 3.05) is 0 Å². The third-order valence-corrected chi connectivity index (χ3v) is 1.92. The minimum absolute atomic E-state index is 0.376. The third-order valence-electron chi connectivity index (χ3n) is 1.34. The molecule has 0 saturated carbocycles. The highest BCUT2D eigenvalue weighted by molar-refractivity contribution is 9.08. The van der Waals surface area contributed by atoms with Crippen molar-refractivity contribution in [2.45, 2.75) is 11.8 Å².